The molecule has 6 heteroatoms. The van der Waals surface area contributed by atoms with E-state index < -0.39 is 0 Å². The SMILES string of the molecule is CCCc1nc2cnc3ccccc3c2n1CCCCNC(=O)COC. The predicted octanol–water partition coefficient (Wildman–Crippen LogP) is 3.08. The smallest absolute Gasteiger partial charge is 0.245 e. The van der Waals surface area contributed by atoms with E-state index >= 15 is 0 Å². The lowest BCUT2D eigenvalue weighted by Gasteiger charge is -2.10. The number of methoxy groups -OCH3 is 1. The molecule has 0 saturated carbocycles. The number of aromatic nitrogens is 3. The van der Waals surface area contributed by atoms with Crippen molar-refractivity contribution in [1.82, 2.24) is 19.9 Å². The largest absolute Gasteiger partial charge is 0.375 e. The summed E-state index contributed by atoms with van der Waals surface area (Å²) in [7, 11) is 1.53. The maximum atomic E-state index is 11.4. The number of benzene rings is 1. The molecule has 3 aromatic rings. The second-order valence-corrected chi connectivity index (χ2v) is 6.43. The highest BCUT2D eigenvalue weighted by Gasteiger charge is 2.13. The molecule has 0 spiro atoms. The highest BCUT2D eigenvalue weighted by molar-refractivity contribution is 6.02. The van der Waals surface area contributed by atoms with Gasteiger partial charge in [-0.15, -0.1) is 0 Å². The lowest BCUT2D eigenvalue weighted by Crippen LogP contribution is -2.28. The van der Waals surface area contributed by atoms with Crippen LogP contribution in [0.5, 0.6) is 0 Å². The van der Waals surface area contributed by atoms with Crippen LogP contribution in [0.15, 0.2) is 30.5 Å². The number of pyridine rings is 1. The summed E-state index contributed by atoms with van der Waals surface area (Å²) in [5, 5.41) is 4.02. The molecule has 2 heterocycles. The number of carbonyl (C=O) groups is 1. The van der Waals surface area contributed by atoms with Crippen molar-refractivity contribution in [3.05, 3.63) is 36.3 Å². The Hall–Kier alpha value is -2.47. The van der Waals surface area contributed by atoms with E-state index in [1.165, 1.54) is 12.6 Å². The van der Waals surface area contributed by atoms with Crippen molar-refractivity contribution in [2.24, 2.45) is 0 Å². The first-order valence-corrected chi connectivity index (χ1v) is 9.23. The molecular weight excluding hydrogens is 328 g/mol. The van der Waals surface area contributed by atoms with Gasteiger partial charge in [0, 0.05) is 32.0 Å². The zero-order valence-electron chi connectivity index (χ0n) is 15.5. The van der Waals surface area contributed by atoms with E-state index in [1.54, 1.807) is 0 Å². The van der Waals surface area contributed by atoms with E-state index in [1.807, 2.05) is 24.4 Å². The lowest BCUT2D eigenvalue weighted by atomic mass is 10.2. The minimum atomic E-state index is -0.0654. The standard InChI is InChI=1S/C20H26N4O2/c1-3-8-18-23-17-13-22-16-10-5-4-9-15(16)20(17)24(18)12-7-6-11-21-19(25)14-26-2/h4-5,9-10,13H,3,6-8,11-12,14H2,1-2H3,(H,21,25). The fourth-order valence-corrected chi connectivity index (χ4v) is 3.27. The van der Waals surface area contributed by atoms with Crippen LogP contribution in [0.2, 0.25) is 0 Å². The third-order valence-electron chi connectivity index (χ3n) is 4.44. The Bertz CT molecular complexity index is 888. The Labute approximate surface area is 153 Å². The second kappa shape index (κ2) is 8.76. The number of amides is 1. The summed E-state index contributed by atoms with van der Waals surface area (Å²) in [6.45, 7) is 3.84. The highest BCUT2D eigenvalue weighted by Crippen LogP contribution is 2.25. The molecule has 0 unspecified atom stereocenters. The van der Waals surface area contributed by atoms with Crippen molar-refractivity contribution in [3.63, 3.8) is 0 Å². The quantitative estimate of drug-likeness (QED) is 0.600. The van der Waals surface area contributed by atoms with Gasteiger partial charge < -0.3 is 14.6 Å². The number of aryl methyl sites for hydroxylation is 2. The minimum Gasteiger partial charge on any atom is -0.375 e. The first-order chi connectivity index (χ1) is 12.7. The summed E-state index contributed by atoms with van der Waals surface area (Å²) in [5.41, 5.74) is 3.12. The molecule has 138 valence electrons. The molecule has 1 amide bonds. The van der Waals surface area contributed by atoms with Crippen molar-refractivity contribution in [1.29, 1.82) is 0 Å². The van der Waals surface area contributed by atoms with Gasteiger partial charge in [0.25, 0.3) is 0 Å². The third kappa shape index (κ3) is 4.02. The van der Waals surface area contributed by atoms with Crippen molar-refractivity contribution in [2.75, 3.05) is 20.3 Å². The molecule has 0 saturated heterocycles. The molecular formula is C20H26N4O2. The van der Waals surface area contributed by atoms with Crippen LogP contribution < -0.4 is 5.32 Å². The maximum absolute atomic E-state index is 11.4. The summed E-state index contributed by atoms with van der Waals surface area (Å²) >= 11 is 0. The van der Waals surface area contributed by atoms with Crippen LogP contribution >= 0.6 is 0 Å². The van der Waals surface area contributed by atoms with Gasteiger partial charge in [-0.3, -0.25) is 9.78 Å². The van der Waals surface area contributed by atoms with Gasteiger partial charge in [-0.05, 0) is 25.3 Å². The van der Waals surface area contributed by atoms with Gasteiger partial charge in [0.05, 0.1) is 17.2 Å². The number of para-hydroxylation sites is 1. The van der Waals surface area contributed by atoms with Crippen molar-refractivity contribution in [2.45, 2.75) is 39.2 Å². The fourth-order valence-electron chi connectivity index (χ4n) is 3.27. The number of imidazole rings is 1. The molecule has 2 aromatic heterocycles. The van der Waals surface area contributed by atoms with Crippen LogP contribution in [-0.2, 0) is 22.5 Å². The summed E-state index contributed by atoms with van der Waals surface area (Å²) in [6.07, 6.45) is 5.78. The molecule has 0 atom stereocenters. The fraction of sp³-hybridized carbons (Fsp3) is 0.450. The van der Waals surface area contributed by atoms with E-state index in [4.69, 9.17) is 9.72 Å². The van der Waals surface area contributed by atoms with Crippen LogP contribution in [0.3, 0.4) is 0 Å². The Morgan fingerprint density at radius 1 is 1.23 bits per heavy atom. The number of ether oxygens (including phenoxy) is 1. The van der Waals surface area contributed by atoms with E-state index in [-0.39, 0.29) is 12.5 Å². The molecule has 3 rings (SSSR count). The first-order valence-electron chi connectivity index (χ1n) is 9.23. The van der Waals surface area contributed by atoms with Gasteiger partial charge in [-0.25, -0.2) is 4.98 Å². The summed E-state index contributed by atoms with van der Waals surface area (Å²) in [6, 6.07) is 8.21. The number of rotatable bonds is 9. The van der Waals surface area contributed by atoms with Crippen molar-refractivity contribution >= 4 is 27.8 Å². The average molecular weight is 354 g/mol. The van der Waals surface area contributed by atoms with Crippen LogP contribution in [0.1, 0.15) is 32.0 Å². The number of hydrogen-bond donors (Lipinski definition) is 1. The Kier molecular flexibility index (Phi) is 6.17. The Balaban J connectivity index is 1.78. The average Bonchev–Trinajstić information content (AvgIpc) is 3.00. The van der Waals surface area contributed by atoms with Gasteiger partial charge in [0.15, 0.2) is 0 Å². The number of hydrogen-bond acceptors (Lipinski definition) is 4. The number of nitrogens with one attached hydrogen (secondary N) is 1. The third-order valence-corrected chi connectivity index (χ3v) is 4.44. The van der Waals surface area contributed by atoms with Gasteiger partial charge in [-0.1, -0.05) is 25.1 Å². The van der Waals surface area contributed by atoms with Crippen LogP contribution in [-0.4, -0.2) is 40.7 Å². The van der Waals surface area contributed by atoms with Crippen LogP contribution in [0.4, 0.5) is 0 Å². The topological polar surface area (TPSA) is 69.0 Å². The van der Waals surface area contributed by atoms with Gasteiger partial charge in [0.1, 0.15) is 17.9 Å². The van der Waals surface area contributed by atoms with Gasteiger partial charge in [-0.2, -0.15) is 0 Å². The minimum absolute atomic E-state index is 0.0654. The molecule has 1 N–H and O–H groups in total. The number of nitrogens with zero attached hydrogens (tertiary/aromatic N) is 3. The van der Waals surface area contributed by atoms with Crippen LogP contribution in [0.25, 0.3) is 21.9 Å². The molecule has 26 heavy (non-hydrogen) atoms. The van der Waals surface area contributed by atoms with Crippen molar-refractivity contribution < 1.29 is 9.53 Å². The van der Waals surface area contributed by atoms with Gasteiger partial charge in [0.2, 0.25) is 5.91 Å². The molecule has 0 aliphatic carbocycles. The number of carbonyl (C=O) groups excluding carboxylic acids is 1. The molecule has 0 bridgehead atoms. The monoisotopic (exact) mass is 354 g/mol. The van der Waals surface area contributed by atoms with E-state index in [0.717, 1.165) is 54.5 Å². The van der Waals surface area contributed by atoms with Crippen LogP contribution in [0, 0.1) is 0 Å². The molecule has 1 aromatic carbocycles. The summed E-state index contributed by atoms with van der Waals surface area (Å²) in [5.74, 6) is 1.05. The molecule has 0 aliphatic heterocycles. The summed E-state index contributed by atoms with van der Waals surface area (Å²) in [4.78, 5) is 20.8. The lowest BCUT2D eigenvalue weighted by molar-refractivity contribution is -0.124. The Morgan fingerprint density at radius 3 is 2.88 bits per heavy atom. The van der Waals surface area contributed by atoms with E-state index in [9.17, 15) is 4.79 Å². The van der Waals surface area contributed by atoms with Crippen molar-refractivity contribution in [3.8, 4) is 0 Å². The predicted molar refractivity (Wildman–Crippen MR) is 103 cm³/mol. The van der Waals surface area contributed by atoms with Gasteiger partial charge >= 0.3 is 0 Å². The molecule has 0 radical (unpaired) electrons. The zero-order valence-corrected chi connectivity index (χ0v) is 15.5. The van der Waals surface area contributed by atoms with E-state index in [0.29, 0.717) is 6.54 Å². The normalized spacial score (nSPS) is 11.3. The number of unbranched alkanes of at least 4 members (excludes halogenated alkanes) is 1. The second-order valence-electron chi connectivity index (χ2n) is 6.43. The first kappa shape index (κ1) is 18.3. The van der Waals surface area contributed by atoms with E-state index in [2.05, 4.69) is 27.9 Å². The molecule has 0 fully saturated rings. The highest BCUT2D eigenvalue weighted by atomic mass is 16.5. The maximum Gasteiger partial charge on any atom is 0.245 e. The molecule has 0 aliphatic rings. The summed E-state index contributed by atoms with van der Waals surface area (Å²) < 4.78 is 7.15. The number of fused-ring (bicyclic) bond motifs is 3. The molecule has 6 nitrogen and oxygen atoms in total. The zero-order chi connectivity index (χ0) is 18.4. The Morgan fingerprint density at radius 2 is 2.08 bits per heavy atom.